The van der Waals surface area contributed by atoms with E-state index in [-0.39, 0.29) is 54.3 Å². The third-order valence-corrected chi connectivity index (χ3v) is 0.321. The fourth-order valence-corrected chi connectivity index (χ4v) is 0.102. The van der Waals surface area contributed by atoms with Crippen LogP contribution in [0.5, 0.6) is 0 Å². The Hall–Kier alpha value is 0.717. The monoisotopic (exact) mass is 453 g/mol. The minimum absolute atomic E-state index is 0. The molecule has 0 bridgehead atoms. The SMILES string of the molecule is CC(=O)C[C-]=O.[W].[W]. The van der Waals surface area contributed by atoms with Gasteiger partial charge in [-0.15, -0.1) is 0 Å². The summed E-state index contributed by atoms with van der Waals surface area (Å²) in [5.74, 6) is -0.134. The fraction of sp³-hybridized carbons (Fsp3) is 0.500. The minimum atomic E-state index is -0.134. The number of carbonyl (C=O) groups is 1. The molecule has 46 valence electrons. The molecule has 0 radical (unpaired) electrons. The number of carbonyl (C=O) groups excluding carboxylic acids is 2. The molecule has 0 saturated carbocycles. The van der Waals surface area contributed by atoms with Crippen LogP contribution in [0.2, 0.25) is 0 Å². The van der Waals surface area contributed by atoms with Crippen molar-refractivity contribution in [2.45, 2.75) is 13.3 Å². The van der Waals surface area contributed by atoms with E-state index >= 15 is 0 Å². The van der Waals surface area contributed by atoms with Gasteiger partial charge in [-0.05, 0) is 6.92 Å². The van der Waals surface area contributed by atoms with Crippen molar-refractivity contribution in [1.82, 2.24) is 0 Å². The molecule has 0 amide bonds. The van der Waals surface area contributed by atoms with Gasteiger partial charge in [-0.25, -0.2) is 0 Å². The van der Waals surface area contributed by atoms with Crippen LogP contribution in [-0.4, -0.2) is 12.1 Å². The summed E-state index contributed by atoms with van der Waals surface area (Å²) in [5.41, 5.74) is 0. The number of Topliss-reactive ketones (excluding diaryl/α,β-unsaturated/α-hetero) is 1. The van der Waals surface area contributed by atoms with Crippen molar-refractivity contribution in [3.05, 3.63) is 0 Å². The Morgan fingerprint density at radius 1 is 1.50 bits per heavy atom. The van der Waals surface area contributed by atoms with E-state index in [0.29, 0.717) is 0 Å². The topological polar surface area (TPSA) is 34.1 Å². The fourth-order valence-electron chi connectivity index (χ4n) is 0.102. The van der Waals surface area contributed by atoms with E-state index in [1.165, 1.54) is 13.2 Å². The quantitative estimate of drug-likeness (QED) is 0.439. The number of hydrogen-bond acceptors (Lipinski definition) is 2. The molecule has 0 aliphatic rings. The van der Waals surface area contributed by atoms with Crippen LogP contribution in [0.25, 0.3) is 0 Å². The Bertz CT molecular complexity index is 72.4. The zero-order chi connectivity index (χ0) is 4.99. The van der Waals surface area contributed by atoms with Crippen LogP contribution in [0.4, 0.5) is 0 Å². The minimum Gasteiger partial charge on any atom is -0.541 e. The predicted molar refractivity (Wildman–Crippen MR) is 21.0 cm³/mol. The zero-order valence-corrected chi connectivity index (χ0v) is 10.2. The molecule has 0 fully saturated rings. The molecule has 0 spiro atoms. The molecule has 0 aliphatic heterocycles. The molecular weight excluding hydrogens is 448 g/mol. The molecule has 0 saturated heterocycles. The average Bonchev–Trinajstić information content (AvgIpc) is 1.35. The molecule has 0 aromatic heterocycles. The van der Waals surface area contributed by atoms with Crippen LogP contribution in [0.15, 0.2) is 0 Å². The summed E-state index contributed by atoms with van der Waals surface area (Å²) >= 11 is 0. The van der Waals surface area contributed by atoms with E-state index in [0.717, 1.165) is 0 Å². The van der Waals surface area contributed by atoms with Crippen LogP contribution < -0.4 is 0 Å². The Kier molecular flexibility index (Phi) is 21.1. The first kappa shape index (κ1) is 15.9. The maximum absolute atomic E-state index is 9.78. The standard InChI is InChI=1S/C4H5O2.2W/c1-4(6)2-3-5;;/h2H2,1H3;;/q-1;;. The zero-order valence-electron chi connectivity index (χ0n) is 4.34. The van der Waals surface area contributed by atoms with Crippen LogP contribution in [0.3, 0.4) is 0 Å². The van der Waals surface area contributed by atoms with Crippen molar-refractivity contribution in [3.63, 3.8) is 0 Å². The molecule has 8 heavy (non-hydrogen) atoms. The second-order valence-electron chi connectivity index (χ2n) is 1.02. The summed E-state index contributed by atoms with van der Waals surface area (Å²) in [4.78, 5) is 19.1. The summed E-state index contributed by atoms with van der Waals surface area (Å²) in [6.45, 7) is 1.35. The Morgan fingerprint density at radius 3 is 1.88 bits per heavy atom. The van der Waals surface area contributed by atoms with Crippen molar-refractivity contribution in [1.29, 1.82) is 0 Å². The number of ketones is 1. The second-order valence-corrected chi connectivity index (χ2v) is 1.02. The molecule has 0 aromatic rings. The molecule has 0 atom stereocenters. The summed E-state index contributed by atoms with van der Waals surface area (Å²) in [5, 5.41) is 0. The molecule has 0 aliphatic carbocycles. The third kappa shape index (κ3) is 15.9. The first-order chi connectivity index (χ1) is 2.77. The molecule has 0 heterocycles. The van der Waals surface area contributed by atoms with E-state index in [2.05, 4.69) is 0 Å². The van der Waals surface area contributed by atoms with Crippen molar-refractivity contribution in [2.75, 3.05) is 0 Å². The predicted octanol–water partition coefficient (Wildman–Crippen LogP) is 0.0702. The first-order valence-electron chi connectivity index (χ1n) is 1.62. The molecule has 0 aromatic carbocycles. The smallest absolute Gasteiger partial charge is 0.103 e. The Labute approximate surface area is 76.9 Å². The van der Waals surface area contributed by atoms with Crippen LogP contribution in [0, 0.1) is 0 Å². The van der Waals surface area contributed by atoms with Gasteiger partial charge in [-0.3, -0.25) is 6.29 Å². The average molecular weight is 453 g/mol. The van der Waals surface area contributed by atoms with Crippen LogP contribution >= 0.6 is 0 Å². The van der Waals surface area contributed by atoms with E-state index in [1.54, 1.807) is 0 Å². The molecule has 0 N–H and O–H groups in total. The van der Waals surface area contributed by atoms with Gasteiger partial charge < -0.3 is 9.59 Å². The summed E-state index contributed by atoms with van der Waals surface area (Å²) < 4.78 is 0. The van der Waals surface area contributed by atoms with Crippen LogP contribution in [-0.2, 0) is 51.7 Å². The Morgan fingerprint density at radius 2 is 1.88 bits per heavy atom. The van der Waals surface area contributed by atoms with Gasteiger partial charge in [0.15, 0.2) is 0 Å². The molecule has 2 nitrogen and oxygen atoms in total. The van der Waals surface area contributed by atoms with Gasteiger partial charge in [0.1, 0.15) is 5.78 Å². The van der Waals surface area contributed by atoms with Gasteiger partial charge >= 0.3 is 0 Å². The van der Waals surface area contributed by atoms with Gasteiger partial charge in [-0.2, -0.15) is 0 Å². The van der Waals surface area contributed by atoms with E-state index in [4.69, 9.17) is 0 Å². The third-order valence-electron chi connectivity index (χ3n) is 0.321. The van der Waals surface area contributed by atoms with E-state index < -0.39 is 0 Å². The molecular formula is C4H5O2W2-. The maximum atomic E-state index is 9.78. The van der Waals surface area contributed by atoms with Gasteiger partial charge in [-0.1, -0.05) is 6.42 Å². The van der Waals surface area contributed by atoms with Gasteiger partial charge in [0, 0.05) is 42.1 Å². The molecule has 0 unspecified atom stereocenters. The number of hydrogen-bond donors (Lipinski definition) is 0. The van der Waals surface area contributed by atoms with Gasteiger partial charge in [0.25, 0.3) is 0 Å². The summed E-state index contributed by atoms with van der Waals surface area (Å²) in [6.07, 6.45) is 1.40. The summed E-state index contributed by atoms with van der Waals surface area (Å²) in [7, 11) is 0. The van der Waals surface area contributed by atoms with Gasteiger partial charge in [0.05, 0.1) is 0 Å². The van der Waals surface area contributed by atoms with Crippen molar-refractivity contribution < 1.29 is 51.7 Å². The maximum Gasteiger partial charge on any atom is 0.103 e. The van der Waals surface area contributed by atoms with Gasteiger partial charge in [0.2, 0.25) is 0 Å². The second kappa shape index (κ2) is 10.7. The van der Waals surface area contributed by atoms with E-state index in [9.17, 15) is 9.59 Å². The van der Waals surface area contributed by atoms with Crippen LogP contribution in [0.1, 0.15) is 13.3 Å². The largest absolute Gasteiger partial charge is 0.541 e. The molecule has 4 heteroatoms. The Balaban J connectivity index is -0.000000125. The normalized spacial score (nSPS) is 5.62. The van der Waals surface area contributed by atoms with Crippen molar-refractivity contribution in [2.24, 2.45) is 0 Å². The van der Waals surface area contributed by atoms with E-state index in [1.807, 2.05) is 0 Å². The summed E-state index contributed by atoms with van der Waals surface area (Å²) in [6, 6.07) is 0. The number of rotatable bonds is 2. The van der Waals surface area contributed by atoms with Crippen molar-refractivity contribution >= 4 is 12.1 Å². The molecule has 0 rings (SSSR count). The first-order valence-corrected chi connectivity index (χ1v) is 1.62. The van der Waals surface area contributed by atoms with Crippen molar-refractivity contribution in [3.8, 4) is 0 Å².